The first-order valence-electron chi connectivity index (χ1n) is 6.55. The van der Waals surface area contributed by atoms with Crippen LogP contribution >= 0.6 is 0 Å². The Balaban J connectivity index is 2.22. The molecule has 1 atom stereocenters. The number of carbonyl (C=O) groups is 2. The van der Waals surface area contributed by atoms with Crippen molar-refractivity contribution in [3.05, 3.63) is 12.2 Å². The molecule has 0 aromatic carbocycles. The van der Waals surface area contributed by atoms with Crippen molar-refractivity contribution in [2.24, 2.45) is 0 Å². The number of hydrogen-bond acceptors (Lipinski definition) is 3. The molecule has 4 nitrogen and oxygen atoms in total. The number of esters is 1. The van der Waals surface area contributed by atoms with E-state index in [1.807, 2.05) is 26.8 Å². The number of rotatable bonds is 4. The van der Waals surface area contributed by atoms with E-state index in [-0.39, 0.29) is 30.8 Å². The van der Waals surface area contributed by atoms with Crippen LogP contribution in [0.3, 0.4) is 0 Å². The average Bonchev–Trinajstić information content (AvgIpc) is 2.25. The quantitative estimate of drug-likeness (QED) is 0.618. The third kappa shape index (κ3) is 6.42. The molecule has 0 heterocycles. The highest BCUT2D eigenvalue weighted by molar-refractivity contribution is 5.81. The van der Waals surface area contributed by atoms with Crippen LogP contribution in [-0.2, 0) is 14.3 Å². The van der Waals surface area contributed by atoms with Crippen molar-refractivity contribution in [3.63, 3.8) is 0 Å². The molecule has 0 aromatic rings. The molecular weight excluding hydrogens is 230 g/mol. The van der Waals surface area contributed by atoms with Crippen molar-refractivity contribution in [3.8, 4) is 0 Å². The van der Waals surface area contributed by atoms with Crippen LogP contribution in [0.1, 0.15) is 52.9 Å². The number of carbonyl (C=O) groups excluding carboxylic acids is 2. The predicted octanol–water partition coefficient (Wildman–Crippen LogP) is 2.33. The molecule has 1 aliphatic carbocycles. The summed E-state index contributed by atoms with van der Waals surface area (Å²) < 4.78 is 5.15. The van der Waals surface area contributed by atoms with Gasteiger partial charge in [0.2, 0.25) is 5.91 Å². The van der Waals surface area contributed by atoms with Crippen LogP contribution in [0.2, 0.25) is 0 Å². The monoisotopic (exact) mass is 253 g/mol. The first kappa shape index (κ1) is 14.7. The van der Waals surface area contributed by atoms with Gasteiger partial charge in [0, 0.05) is 12.5 Å². The fourth-order valence-electron chi connectivity index (χ4n) is 1.82. The fourth-order valence-corrected chi connectivity index (χ4v) is 1.82. The van der Waals surface area contributed by atoms with Gasteiger partial charge >= 0.3 is 5.97 Å². The lowest BCUT2D eigenvalue weighted by Gasteiger charge is -2.20. The molecule has 4 heteroatoms. The van der Waals surface area contributed by atoms with Gasteiger partial charge in [-0.05, 0) is 40.0 Å². The lowest BCUT2D eigenvalue weighted by Crippen LogP contribution is -2.34. The van der Waals surface area contributed by atoms with Crippen molar-refractivity contribution >= 4 is 11.9 Å². The van der Waals surface area contributed by atoms with Crippen LogP contribution < -0.4 is 5.32 Å². The van der Waals surface area contributed by atoms with E-state index in [0.29, 0.717) is 0 Å². The first-order chi connectivity index (χ1) is 8.37. The van der Waals surface area contributed by atoms with Crippen molar-refractivity contribution in [2.75, 3.05) is 0 Å². The first-order valence-corrected chi connectivity index (χ1v) is 6.55. The predicted molar refractivity (Wildman–Crippen MR) is 70.0 cm³/mol. The molecule has 1 N–H and O–H groups in total. The van der Waals surface area contributed by atoms with Gasteiger partial charge in [0.25, 0.3) is 0 Å². The van der Waals surface area contributed by atoms with Crippen LogP contribution in [0.4, 0.5) is 0 Å². The van der Waals surface area contributed by atoms with Gasteiger partial charge in [0.15, 0.2) is 0 Å². The van der Waals surface area contributed by atoms with Gasteiger partial charge in [-0.3, -0.25) is 9.59 Å². The Morgan fingerprint density at radius 3 is 2.61 bits per heavy atom. The van der Waals surface area contributed by atoms with Crippen molar-refractivity contribution in [1.82, 2.24) is 5.32 Å². The summed E-state index contributed by atoms with van der Waals surface area (Å²) >= 11 is 0. The Hall–Kier alpha value is -1.32. The fraction of sp³-hybridized carbons (Fsp3) is 0.714. The molecule has 0 aliphatic heterocycles. The zero-order valence-corrected chi connectivity index (χ0v) is 11.5. The van der Waals surface area contributed by atoms with Crippen LogP contribution in [0.15, 0.2) is 12.2 Å². The summed E-state index contributed by atoms with van der Waals surface area (Å²) in [4.78, 5) is 23.1. The minimum Gasteiger partial charge on any atom is -0.460 e. The van der Waals surface area contributed by atoms with E-state index in [2.05, 4.69) is 11.4 Å². The molecule has 0 bridgehead atoms. The highest BCUT2D eigenvalue weighted by atomic mass is 16.6. The van der Waals surface area contributed by atoms with Gasteiger partial charge in [-0.1, -0.05) is 12.2 Å². The summed E-state index contributed by atoms with van der Waals surface area (Å²) in [5, 5.41) is 2.90. The summed E-state index contributed by atoms with van der Waals surface area (Å²) in [6, 6.07) is 0.130. The number of nitrogens with one attached hydrogen (secondary N) is 1. The summed E-state index contributed by atoms with van der Waals surface area (Å²) in [6.45, 7) is 5.45. The number of allylic oxidation sites excluding steroid dienone is 1. The highest BCUT2D eigenvalue weighted by Crippen LogP contribution is 2.11. The second kappa shape index (κ2) is 6.57. The van der Waals surface area contributed by atoms with E-state index in [4.69, 9.17) is 4.74 Å². The van der Waals surface area contributed by atoms with Crippen molar-refractivity contribution in [1.29, 1.82) is 0 Å². The smallest absolute Gasteiger partial charge is 0.306 e. The van der Waals surface area contributed by atoms with E-state index in [0.717, 1.165) is 19.3 Å². The molecule has 18 heavy (non-hydrogen) atoms. The van der Waals surface area contributed by atoms with Gasteiger partial charge in [-0.15, -0.1) is 0 Å². The molecular formula is C14H23NO3. The maximum Gasteiger partial charge on any atom is 0.306 e. The summed E-state index contributed by atoms with van der Waals surface area (Å²) in [5.74, 6) is -0.408. The number of amides is 1. The standard InChI is InChI=1S/C14H23NO3/c1-14(2,3)18-13(17)10-9-12(16)15-11-7-5-4-6-8-11/h5,7,11H,4,6,8-10H2,1-3H3,(H,15,16). The largest absolute Gasteiger partial charge is 0.460 e. The zero-order valence-electron chi connectivity index (χ0n) is 11.5. The molecule has 0 radical (unpaired) electrons. The van der Waals surface area contributed by atoms with E-state index in [1.54, 1.807) is 0 Å². The lowest BCUT2D eigenvalue weighted by molar-refractivity contribution is -0.155. The molecule has 102 valence electrons. The lowest BCUT2D eigenvalue weighted by atomic mass is 10.0. The highest BCUT2D eigenvalue weighted by Gasteiger charge is 2.18. The van der Waals surface area contributed by atoms with Gasteiger partial charge < -0.3 is 10.1 Å². The molecule has 1 aliphatic rings. The maximum atomic E-state index is 11.6. The second-order valence-electron chi connectivity index (χ2n) is 5.62. The average molecular weight is 253 g/mol. The van der Waals surface area contributed by atoms with Crippen LogP contribution in [0, 0.1) is 0 Å². The van der Waals surface area contributed by atoms with Gasteiger partial charge in [-0.25, -0.2) is 0 Å². The Bertz CT molecular complexity index is 328. The minimum atomic E-state index is -0.486. The molecule has 0 aromatic heterocycles. The maximum absolute atomic E-state index is 11.6. The molecule has 1 rings (SSSR count). The minimum absolute atomic E-state index is 0.0857. The summed E-state index contributed by atoms with van der Waals surface area (Å²) in [5.41, 5.74) is -0.486. The third-order valence-electron chi connectivity index (χ3n) is 2.58. The van der Waals surface area contributed by atoms with Crippen LogP contribution in [0.5, 0.6) is 0 Å². The number of ether oxygens (including phenoxy) is 1. The van der Waals surface area contributed by atoms with E-state index in [9.17, 15) is 9.59 Å². The van der Waals surface area contributed by atoms with Crippen LogP contribution in [-0.4, -0.2) is 23.5 Å². The molecule has 0 fully saturated rings. The number of hydrogen-bond donors (Lipinski definition) is 1. The zero-order chi connectivity index (χ0) is 13.6. The van der Waals surface area contributed by atoms with E-state index >= 15 is 0 Å². The Morgan fingerprint density at radius 2 is 2.06 bits per heavy atom. The molecule has 1 unspecified atom stereocenters. The Labute approximate surface area is 109 Å². The molecule has 1 amide bonds. The Morgan fingerprint density at radius 1 is 1.33 bits per heavy atom. The van der Waals surface area contributed by atoms with Crippen LogP contribution in [0.25, 0.3) is 0 Å². The van der Waals surface area contributed by atoms with E-state index < -0.39 is 5.60 Å². The summed E-state index contributed by atoms with van der Waals surface area (Å²) in [7, 11) is 0. The van der Waals surface area contributed by atoms with E-state index in [1.165, 1.54) is 0 Å². The molecule has 0 spiro atoms. The topological polar surface area (TPSA) is 55.4 Å². The van der Waals surface area contributed by atoms with Gasteiger partial charge in [0.05, 0.1) is 6.42 Å². The molecule has 0 saturated carbocycles. The SMILES string of the molecule is CC(C)(C)OC(=O)CCC(=O)NC1C=CCCC1. The molecule has 0 saturated heterocycles. The van der Waals surface area contributed by atoms with Gasteiger partial charge in [-0.2, -0.15) is 0 Å². The third-order valence-corrected chi connectivity index (χ3v) is 2.58. The normalized spacial score (nSPS) is 19.4. The van der Waals surface area contributed by atoms with Gasteiger partial charge in [0.1, 0.15) is 5.60 Å². The Kier molecular flexibility index (Phi) is 5.38. The second-order valence-corrected chi connectivity index (χ2v) is 5.62. The van der Waals surface area contributed by atoms with Crippen molar-refractivity contribution < 1.29 is 14.3 Å². The summed E-state index contributed by atoms with van der Waals surface area (Å²) in [6.07, 6.45) is 7.61. The van der Waals surface area contributed by atoms with Crippen molar-refractivity contribution in [2.45, 2.75) is 64.5 Å².